The monoisotopic (exact) mass is 332 g/mol. The molecule has 0 aliphatic rings. The first-order chi connectivity index (χ1) is 10.6. The van der Waals surface area contributed by atoms with Crippen molar-refractivity contribution in [1.29, 1.82) is 0 Å². The van der Waals surface area contributed by atoms with Gasteiger partial charge < -0.3 is 4.90 Å². The van der Waals surface area contributed by atoms with Crippen LogP contribution in [0.5, 0.6) is 0 Å². The first kappa shape index (κ1) is 15.1. The summed E-state index contributed by atoms with van der Waals surface area (Å²) in [6, 6.07) is 7.78. The maximum Gasteiger partial charge on any atom is 0.262 e. The molecular weight excluding hydrogens is 316 g/mol. The summed E-state index contributed by atoms with van der Waals surface area (Å²) >= 11 is 3.02. The molecule has 3 rings (SSSR count). The number of fused-ring (bicyclic) bond motifs is 1. The molecule has 0 saturated carbocycles. The first-order valence-electron chi connectivity index (χ1n) is 6.76. The van der Waals surface area contributed by atoms with Crippen molar-refractivity contribution >= 4 is 39.1 Å². The molecule has 3 aromatic rings. The highest BCUT2D eigenvalue weighted by Gasteiger charge is 2.10. The van der Waals surface area contributed by atoms with Gasteiger partial charge in [0.2, 0.25) is 0 Å². The van der Waals surface area contributed by atoms with E-state index in [1.807, 2.05) is 48.6 Å². The second kappa shape index (κ2) is 6.10. The molecule has 5 nitrogen and oxygen atoms in total. The Morgan fingerprint density at radius 3 is 2.86 bits per heavy atom. The van der Waals surface area contributed by atoms with Gasteiger partial charge in [0.25, 0.3) is 5.56 Å². The van der Waals surface area contributed by atoms with E-state index in [-0.39, 0.29) is 5.56 Å². The zero-order valence-electron chi connectivity index (χ0n) is 12.6. The zero-order chi connectivity index (χ0) is 15.7. The number of anilines is 1. The van der Waals surface area contributed by atoms with Gasteiger partial charge >= 0.3 is 0 Å². The van der Waals surface area contributed by atoms with Crippen LogP contribution < -0.4 is 10.5 Å². The van der Waals surface area contributed by atoms with Gasteiger partial charge in [0.1, 0.15) is 10.6 Å². The fourth-order valence-corrected chi connectivity index (χ4v) is 3.73. The first-order valence-corrected chi connectivity index (χ1v) is 8.63. The van der Waals surface area contributed by atoms with E-state index in [1.54, 1.807) is 11.6 Å². The Labute approximate surface area is 136 Å². The highest BCUT2D eigenvalue weighted by atomic mass is 32.2. The Bertz CT molecular complexity index is 869. The molecule has 0 saturated heterocycles. The number of thiophene rings is 1. The van der Waals surface area contributed by atoms with Crippen LogP contribution in [0.15, 0.2) is 39.6 Å². The highest BCUT2D eigenvalue weighted by Crippen LogP contribution is 2.23. The third-order valence-corrected chi connectivity index (χ3v) is 5.13. The summed E-state index contributed by atoms with van der Waals surface area (Å²) < 4.78 is 1.61. The number of pyridine rings is 1. The van der Waals surface area contributed by atoms with Gasteiger partial charge in [-0.15, -0.1) is 11.3 Å². The Kier molecular flexibility index (Phi) is 4.17. The van der Waals surface area contributed by atoms with Gasteiger partial charge in [-0.2, -0.15) is 0 Å². The summed E-state index contributed by atoms with van der Waals surface area (Å²) in [4.78, 5) is 24.2. The van der Waals surface area contributed by atoms with Crippen molar-refractivity contribution in [1.82, 2.24) is 14.5 Å². The molecule has 0 aromatic carbocycles. The van der Waals surface area contributed by atoms with Crippen LogP contribution in [0.25, 0.3) is 10.2 Å². The molecule has 0 aliphatic heterocycles. The van der Waals surface area contributed by atoms with Crippen LogP contribution in [-0.2, 0) is 12.8 Å². The number of hydrogen-bond donors (Lipinski definition) is 0. The molecule has 3 aromatic heterocycles. The Hall–Kier alpha value is -1.86. The third kappa shape index (κ3) is 2.86. The molecule has 0 unspecified atom stereocenters. The lowest BCUT2D eigenvalue weighted by atomic mass is 10.3. The summed E-state index contributed by atoms with van der Waals surface area (Å²) in [6.45, 7) is 0. The van der Waals surface area contributed by atoms with Gasteiger partial charge in [0, 0.05) is 26.9 Å². The minimum absolute atomic E-state index is 0.00347. The quantitative estimate of drug-likeness (QED) is 0.543. The van der Waals surface area contributed by atoms with Crippen molar-refractivity contribution < 1.29 is 0 Å². The lowest BCUT2D eigenvalue weighted by Crippen LogP contribution is -2.19. The van der Waals surface area contributed by atoms with E-state index in [4.69, 9.17) is 0 Å². The van der Waals surface area contributed by atoms with Crippen molar-refractivity contribution in [3.63, 3.8) is 0 Å². The van der Waals surface area contributed by atoms with E-state index in [1.165, 1.54) is 23.1 Å². The van der Waals surface area contributed by atoms with Crippen LogP contribution in [0, 0.1) is 0 Å². The normalized spacial score (nSPS) is 11.0. The average molecular weight is 332 g/mol. The van der Waals surface area contributed by atoms with Gasteiger partial charge in [-0.1, -0.05) is 17.8 Å². The molecule has 3 heterocycles. The van der Waals surface area contributed by atoms with Crippen LogP contribution in [0.2, 0.25) is 0 Å². The predicted octanol–water partition coefficient (Wildman–Crippen LogP) is 2.75. The van der Waals surface area contributed by atoms with Gasteiger partial charge in [-0.05, 0) is 23.6 Å². The lowest BCUT2D eigenvalue weighted by molar-refractivity contribution is 0.727. The fraction of sp³-hybridized carbons (Fsp3) is 0.267. The SMILES string of the molecule is CN(C)c1cccc(CSc2nc3sccc3c(=O)n2C)n1. The van der Waals surface area contributed by atoms with Crippen LogP contribution in [-0.4, -0.2) is 28.6 Å². The zero-order valence-corrected chi connectivity index (χ0v) is 14.2. The van der Waals surface area contributed by atoms with Crippen molar-refractivity contribution in [3.05, 3.63) is 45.7 Å². The lowest BCUT2D eigenvalue weighted by Gasteiger charge is -2.12. The largest absolute Gasteiger partial charge is 0.363 e. The van der Waals surface area contributed by atoms with E-state index >= 15 is 0 Å². The van der Waals surface area contributed by atoms with Crippen molar-refractivity contribution in [2.45, 2.75) is 10.9 Å². The number of aromatic nitrogens is 3. The topological polar surface area (TPSA) is 51.0 Å². The van der Waals surface area contributed by atoms with Crippen LogP contribution in [0.4, 0.5) is 5.82 Å². The summed E-state index contributed by atoms with van der Waals surface area (Å²) in [5.74, 6) is 1.60. The smallest absolute Gasteiger partial charge is 0.262 e. The average Bonchev–Trinajstić information content (AvgIpc) is 2.98. The molecule has 0 atom stereocenters. The Balaban J connectivity index is 1.86. The molecular formula is C15H16N4OS2. The van der Waals surface area contributed by atoms with Crippen molar-refractivity contribution in [2.24, 2.45) is 7.05 Å². The van der Waals surface area contributed by atoms with E-state index < -0.39 is 0 Å². The summed E-state index contributed by atoms with van der Waals surface area (Å²) in [5, 5.41) is 3.30. The Morgan fingerprint density at radius 1 is 1.27 bits per heavy atom. The Morgan fingerprint density at radius 2 is 2.09 bits per heavy atom. The molecule has 0 radical (unpaired) electrons. The van der Waals surface area contributed by atoms with E-state index in [2.05, 4.69) is 9.97 Å². The third-order valence-electron chi connectivity index (χ3n) is 3.26. The fourth-order valence-electron chi connectivity index (χ4n) is 2.04. The summed E-state index contributed by atoms with van der Waals surface area (Å²) in [6.07, 6.45) is 0. The number of hydrogen-bond acceptors (Lipinski definition) is 6. The number of nitrogens with zero attached hydrogens (tertiary/aromatic N) is 4. The standard InChI is InChI=1S/C15H16N4OS2/c1-18(2)12-6-4-5-10(16-12)9-22-15-17-13-11(7-8-21-13)14(20)19(15)3/h4-8H,9H2,1-3H3. The summed E-state index contributed by atoms with van der Waals surface area (Å²) in [5.41, 5.74) is 0.973. The molecule has 0 aliphatic carbocycles. The maximum atomic E-state index is 12.3. The maximum absolute atomic E-state index is 12.3. The highest BCUT2D eigenvalue weighted by molar-refractivity contribution is 7.98. The molecule has 0 bridgehead atoms. The summed E-state index contributed by atoms with van der Waals surface area (Å²) in [7, 11) is 5.70. The molecule has 0 amide bonds. The van der Waals surface area contributed by atoms with Crippen LogP contribution >= 0.6 is 23.1 Å². The van der Waals surface area contributed by atoms with Crippen molar-refractivity contribution in [2.75, 3.05) is 19.0 Å². The van der Waals surface area contributed by atoms with Gasteiger partial charge in [0.15, 0.2) is 5.16 Å². The molecule has 22 heavy (non-hydrogen) atoms. The molecule has 7 heteroatoms. The second-order valence-corrected chi connectivity index (χ2v) is 6.91. The molecule has 0 spiro atoms. The van der Waals surface area contributed by atoms with Gasteiger partial charge in [-0.25, -0.2) is 9.97 Å². The van der Waals surface area contributed by atoms with E-state index in [0.717, 1.165) is 21.5 Å². The predicted molar refractivity (Wildman–Crippen MR) is 93.0 cm³/mol. The number of rotatable bonds is 4. The molecule has 0 fully saturated rings. The number of thioether (sulfide) groups is 1. The van der Waals surface area contributed by atoms with Crippen molar-refractivity contribution in [3.8, 4) is 0 Å². The van der Waals surface area contributed by atoms with Gasteiger partial charge in [-0.3, -0.25) is 9.36 Å². The van der Waals surface area contributed by atoms with E-state index in [9.17, 15) is 4.79 Å². The second-order valence-electron chi connectivity index (χ2n) is 5.07. The minimum atomic E-state index is 0.00347. The van der Waals surface area contributed by atoms with Gasteiger partial charge in [0.05, 0.1) is 11.1 Å². The molecule has 0 N–H and O–H groups in total. The molecule has 114 valence electrons. The van der Waals surface area contributed by atoms with Crippen LogP contribution in [0.1, 0.15) is 5.69 Å². The minimum Gasteiger partial charge on any atom is -0.363 e. The van der Waals surface area contributed by atoms with Crippen LogP contribution in [0.3, 0.4) is 0 Å². The van der Waals surface area contributed by atoms with E-state index in [0.29, 0.717) is 11.1 Å².